The van der Waals surface area contributed by atoms with Crippen LogP contribution < -0.4 is 11.1 Å². The third-order valence-electron chi connectivity index (χ3n) is 2.39. The van der Waals surface area contributed by atoms with E-state index in [4.69, 9.17) is 17.3 Å². The van der Waals surface area contributed by atoms with Crippen molar-refractivity contribution in [1.29, 1.82) is 0 Å². The van der Waals surface area contributed by atoms with E-state index in [1.807, 2.05) is 12.1 Å². The van der Waals surface area contributed by atoms with Crippen molar-refractivity contribution in [3.8, 4) is 0 Å². The number of aromatic nitrogens is 2. The predicted molar refractivity (Wildman–Crippen MR) is 70.6 cm³/mol. The van der Waals surface area contributed by atoms with E-state index in [0.29, 0.717) is 11.5 Å². The van der Waals surface area contributed by atoms with Crippen molar-refractivity contribution in [3.05, 3.63) is 41.3 Å². The van der Waals surface area contributed by atoms with E-state index in [-0.39, 0.29) is 5.28 Å². The molecule has 0 aliphatic carbocycles. The Kier molecular flexibility index (Phi) is 3.44. The number of benzene rings is 1. The summed E-state index contributed by atoms with van der Waals surface area (Å²) < 4.78 is 0. The highest BCUT2D eigenvalue weighted by Gasteiger charge is 2.03. The van der Waals surface area contributed by atoms with Gasteiger partial charge in [-0.1, -0.05) is 19.1 Å². The Bertz CT molecular complexity index is 528. The Morgan fingerprint density at radius 3 is 3.00 bits per heavy atom. The molecule has 2 rings (SSSR count). The summed E-state index contributed by atoms with van der Waals surface area (Å²) in [6.07, 6.45) is 2.47. The average Bonchev–Trinajstić information content (AvgIpc) is 2.34. The molecule has 0 aliphatic heterocycles. The molecule has 0 unspecified atom stereocenters. The Morgan fingerprint density at radius 1 is 1.41 bits per heavy atom. The van der Waals surface area contributed by atoms with Gasteiger partial charge in [-0.2, -0.15) is 4.98 Å². The van der Waals surface area contributed by atoms with Gasteiger partial charge in [0.25, 0.3) is 0 Å². The van der Waals surface area contributed by atoms with E-state index in [9.17, 15) is 0 Å². The molecule has 0 radical (unpaired) electrons. The van der Waals surface area contributed by atoms with Gasteiger partial charge in [0.1, 0.15) is 0 Å². The van der Waals surface area contributed by atoms with Crippen LogP contribution in [0.15, 0.2) is 30.5 Å². The lowest BCUT2D eigenvalue weighted by Gasteiger charge is -2.09. The number of nitrogens with two attached hydrogens (primary N) is 1. The Labute approximate surface area is 105 Å². The average molecular weight is 249 g/mol. The highest BCUT2D eigenvalue weighted by Crippen LogP contribution is 2.22. The van der Waals surface area contributed by atoms with E-state index < -0.39 is 0 Å². The topological polar surface area (TPSA) is 63.8 Å². The molecule has 0 saturated carbocycles. The number of hydrogen-bond donors (Lipinski definition) is 2. The van der Waals surface area contributed by atoms with Crippen LogP contribution in [0.4, 0.5) is 17.2 Å². The smallest absolute Gasteiger partial charge is 0.224 e. The zero-order valence-electron chi connectivity index (χ0n) is 9.44. The number of aryl methyl sites for hydroxylation is 1. The number of anilines is 3. The van der Waals surface area contributed by atoms with Crippen molar-refractivity contribution < 1.29 is 0 Å². The zero-order chi connectivity index (χ0) is 12.3. The number of nitrogen functional groups attached to an aromatic ring is 1. The van der Waals surface area contributed by atoms with E-state index in [2.05, 4.69) is 34.3 Å². The molecule has 2 aromatic rings. The molecule has 0 saturated heterocycles. The second-order valence-electron chi connectivity index (χ2n) is 3.62. The summed E-state index contributed by atoms with van der Waals surface area (Å²) in [5, 5.41) is 3.30. The summed E-state index contributed by atoms with van der Waals surface area (Å²) in [4.78, 5) is 7.85. The van der Waals surface area contributed by atoms with Crippen molar-refractivity contribution in [2.24, 2.45) is 0 Å². The predicted octanol–water partition coefficient (Wildman–Crippen LogP) is 3.02. The largest absolute Gasteiger partial charge is 0.394 e. The van der Waals surface area contributed by atoms with Gasteiger partial charge in [0.15, 0.2) is 5.82 Å². The maximum Gasteiger partial charge on any atom is 0.224 e. The molecular weight excluding hydrogens is 236 g/mol. The fourth-order valence-corrected chi connectivity index (χ4v) is 1.61. The molecule has 88 valence electrons. The number of halogens is 1. The van der Waals surface area contributed by atoms with Gasteiger partial charge in [-0.3, -0.25) is 0 Å². The molecule has 1 aromatic heterocycles. The first-order valence-electron chi connectivity index (χ1n) is 5.33. The molecule has 3 N–H and O–H groups in total. The fraction of sp³-hybridized carbons (Fsp3) is 0.167. The molecule has 5 heteroatoms. The number of rotatable bonds is 3. The third kappa shape index (κ3) is 2.85. The molecule has 4 nitrogen and oxygen atoms in total. The molecule has 0 atom stereocenters. The van der Waals surface area contributed by atoms with E-state index >= 15 is 0 Å². The lowest BCUT2D eigenvalue weighted by atomic mass is 10.1. The second kappa shape index (κ2) is 5.01. The number of nitrogens with zero attached hydrogens (tertiary/aromatic N) is 2. The van der Waals surface area contributed by atoms with Crippen LogP contribution in [0.25, 0.3) is 0 Å². The van der Waals surface area contributed by atoms with Gasteiger partial charge < -0.3 is 11.1 Å². The lowest BCUT2D eigenvalue weighted by molar-refractivity contribution is 1.14. The highest BCUT2D eigenvalue weighted by molar-refractivity contribution is 6.28. The van der Waals surface area contributed by atoms with Crippen molar-refractivity contribution in [1.82, 2.24) is 9.97 Å². The Balaban J connectivity index is 2.27. The molecule has 0 aliphatic rings. The summed E-state index contributed by atoms with van der Waals surface area (Å²) in [6.45, 7) is 2.11. The van der Waals surface area contributed by atoms with Crippen molar-refractivity contribution >= 4 is 28.8 Å². The maximum atomic E-state index is 5.76. The summed E-state index contributed by atoms with van der Waals surface area (Å²) in [5.41, 5.74) is 8.41. The fourth-order valence-electron chi connectivity index (χ4n) is 1.48. The van der Waals surface area contributed by atoms with E-state index in [1.54, 1.807) is 0 Å². The minimum Gasteiger partial charge on any atom is -0.394 e. The van der Waals surface area contributed by atoms with Crippen LogP contribution in [0.2, 0.25) is 5.28 Å². The molecule has 1 heterocycles. The van der Waals surface area contributed by atoms with E-state index in [1.165, 1.54) is 11.8 Å². The van der Waals surface area contributed by atoms with Crippen molar-refractivity contribution in [2.75, 3.05) is 11.1 Å². The van der Waals surface area contributed by atoms with Gasteiger partial charge in [-0.25, -0.2) is 4.98 Å². The second-order valence-corrected chi connectivity index (χ2v) is 3.96. The van der Waals surface area contributed by atoms with Gasteiger partial charge in [0.05, 0.1) is 11.9 Å². The first-order valence-corrected chi connectivity index (χ1v) is 5.71. The number of nitrogens with one attached hydrogen (secondary N) is 1. The van der Waals surface area contributed by atoms with Gasteiger partial charge in [0, 0.05) is 5.69 Å². The lowest BCUT2D eigenvalue weighted by Crippen LogP contribution is -2.00. The summed E-state index contributed by atoms with van der Waals surface area (Å²) >= 11 is 5.72. The molecular formula is C12H13ClN4. The van der Waals surface area contributed by atoms with Gasteiger partial charge in [-0.15, -0.1) is 0 Å². The SMILES string of the molecule is CCc1cccc(Nc2nc(Cl)ncc2N)c1. The highest BCUT2D eigenvalue weighted by atomic mass is 35.5. The molecule has 0 spiro atoms. The Morgan fingerprint density at radius 2 is 2.24 bits per heavy atom. The van der Waals surface area contributed by atoms with Crippen molar-refractivity contribution in [3.63, 3.8) is 0 Å². The third-order valence-corrected chi connectivity index (χ3v) is 2.57. The van der Waals surface area contributed by atoms with Crippen molar-refractivity contribution in [2.45, 2.75) is 13.3 Å². The van der Waals surface area contributed by atoms with Gasteiger partial charge in [-0.05, 0) is 35.7 Å². The first-order chi connectivity index (χ1) is 8.19. The van der Waals surface area contributed by atoms with Crippen LogP contribution in [0.5, 0.6) is 0 Å². The van der Waals surface area contributed by atoms with Gasteiger partial charge in [0.2, 0.25) is 5.28 Å². The maximum absolute atomic E-state index is 5.76. The molecule has 1 aromatic carbocycles. The first kappa shape index (κ1) is 11.7. The van der Waals surface area contributed by atoms with Gasteiger partial charge >= 0.3 is 0 Å². The zero-order valence-corrected chi connectivity index (χ0v) is 10.2. The molecule has 0 fully saturated rings. The quantitative estimate of drug-likeness (QED) is 0.820. The normalized spacial score (nSPS) is 10.2. The number of hydrogen-bond acceptors (Lipinski definition) is 4. The monoisotopic (exact) mass is 248 g/mol. The minimum atomic E-state index is 0.174. The van der Waals surface area contributed by atoms with Crippen LogP contribution in [0, 0.1) is 0 Å². The van der Waals surface area contributed by atoms with Crippen LogP contribution in [-0.2, 0) is 6.42 Å². The minimum absolute atomic E-state index is 0.174. The van der Waals surface area contributed by atoms with E-state index in [0.717, 1.165) is 12.1 Å². The summed E-state index contributed by atoms with van der Waals surface area (Å²) in [5.74, 6) is 0.526. The summed E-state index contributed by atoms with van der Waals surface area (Å²) in [7, 11) is 0. The Hall–Kier alpha value is -1.81. The molecule has 17 heavy (non-hydrogen) atoms. The molecule has 0 amide bonds. The standard InChI is InChI=1S/C12H13ClN4/c1-2-8-4-3-5-9(6-8)16-11-10(14)7-15-12(13)17-11/h3-7H,2,14H2,1H3,(H,15,16,17). The van der Waals surface area contributed by atoms with Crippen LogP contribution >= 0.6 is 11.6 Å². The summed E-state index contributed by atoms with van der Waals surface area (Å²) in [6, 6.07) is 8.06. The van der Waals surface area contributed by atoms with Crippen LogP contribution in [0.3, 0.4) is 0 Å². The van der Waals surface area contributed by atoms with Crippen LogP contribution in [0.1, 0.15) is 12.5 Å². The molecule has 0 bridgehead atoms. The van der Waals surface area contributed by atoms with Crippen LogP contribution in [-0.4, -0.2) is 9.97 Å².